The third-order valence-corrected chi connectivity index (χ3v) is 4.78. The first kappa shape index (κ1) is 23.1. The molecule has 0 fully saturated rings. The Morgan fingerprint density at radius 2 is 1.72 bits per heavy atom. The Balaban J connectivity index is 1.87. The van der Waals surface area contributed by atoms with E-state index in [1.54, 1.807) is 6.92 Å². The summed E-state index contributed by atoms with van der Waals surface area (Å²) in [7, 11) is 0. The summed E-state index contributed by atoms with van der Waals surface area (Å²) < 4.78 is 41.5. The Kier molecular flexibility index (Phi) is 6.67. The third kappa shape index (κ3) is 5.54. The Hall–Kier alpha value is -3.62. The summed E-state index contributed by atoms with van der Waals surface area (Å²) in [6.07, 6.45) is -4.69. The number of para-hydroxylation sites is 1. The number of alkyl halides is 3. The zero-order valence-electron chi connectivity index (χ0n) is 17.8. The van der Waals surface area contributed by atoms with Crippen LogP contribution in [0.1, 0.15) is 41.8 Å². The van der Waals surface area contributed by atoms with Crippen LogP contribution in [0.15, 0.2) is 54.6 Å². The van der Waals surface area contributed by atoms with Crippen molar-refractivity contribution in [2.45, 2.75) is 39.4 Å². The van der Waals surface area contributed by atoms with Gasteiger partial charge in [-0.3, -0.25) is 9.59 Å². The second-order valence-electron chi connectivity index (χ2n) is 7.51. The average molecular weight is 444 g/mol. The quantitative estimate of drug-likeness (QED) is 0.578. The molecule has 2 amide bonds. The number of aryl methyl sites for hydroxylation is 2. The number of hydrogen-bond acceptors (Lipinski definition) is 3. The molecule has 1 aromatic heterocycles. The highest BCUT2D eigenvalue weighted by Gasteiger charge is 2.34. The Morgan fingerprint density at radius 1 is 1.06 bits per heavy atom. The molecule has 0 saturated carbocycles. The minimum atomic E-state index is -4.58. The number of nitrogens with zero attached hydrogens (tertiary/aromatic N) is 2. The molecule has 2 aromatic carbocycles. The average Bonchev–Trinajstić information content (AvgIpc) is 3.07. The van der Waals surface area contributed by atoms with Crippen LogP contribution in [0.5, 0.6) is 0 Å². The first-order valence-electron chi connectivity index (χ1n) is 9.91. The summed E-state index contributed by atoms with van der Waals surface area (Å²) >= 11 is 0. The van der Waals surface area contributed by atoms with E-state index in [4.69, 9.17) is 0 Å². The molecule has 0 spiro atoms. The smallest absolute Gasteiger partial charge is 0.349 e. The number of carbonyl (C=O) groups excluding carboxylic acids is 2. The highest BCUT2D eigenvalue weighted by Crippen LogP contribution is 2.34. The van der Waals surface area contributed by atoms with E-state index >= 15 is 0 Å². The van der Waals surface area contributed by atoms with Crippen LogP contribution in [0, 0.1) is 13.8 Å². The number of rotatable bonds is 6. The number of carbonyl (C=O) groups is 2. The number of hydrogen-bond donors (Lipinski definition) is 2. The number of anilines is 1. The molecule has 3 rings (SSSR count). The molecule has 0 saturated heterocycles. The van der Waals surface area contributed by atoms with E-state index in [9.17, 15) is 22.8 Å². The third-order valence-electron chi connectivity index (χ3n) is 4.78. The highest BCUT2D eigenvalue weighted by atomic mass is 19.4. The van der Waals surface area contributed by atoms with E-state index in [0.717, 1.165) is 21.9 Å². The summed E-state index contributed by atoms with van der Waals surface area (Å²) in [6, 6.07) is 13.3. The molecule has 168 valence electrons. The van der Waals surface area contributed by atoms with Gasteiger partial charge in [0, 0.05) is 13.0 Å². The van der Waals surface area contributed by atoms with Gasteiger partial charge in [-0.1, -0.05) is 42.0 Å². The van der Waals surface area contributed by atoms with E-state index in [-0.39, 0.29) is 23.8 Å². The van der Waals surface area contributed by atoms with Crippen molar-refractivity contribution in [1.29, 1.82) is 0 Å². The van der Waals surface area contributed by atoms with Gasteiger partial charge in [0.15, 0.2) is 0 Å². The minimum Gasteiger partial charge on any atom is -0.349 e. The van der Waals surface area contributed by atoms with E-state index in [0.29, 0.717) is 5.69 Å². The number of benzene rings is 2. The highest BCUT2D eigenvalue weighted by molar-refractivity contribution is 5.91. The lowest BCUT2D eigenvalue weighted by Gasteiger charge is -2.19. The Bertz CT molecular complexity index is 1120. The van der Waals surface area contributed by atoms with E-state index in [2.05, 4.69) is 15.7 Å². The maximum absolute atomic E-state index is 13.5. The zero-order chi connectivity index (χ0) is 23.5. The molecular weight excluding hydrogens is 421 g/mol. The van der Waals surface area contributed by atoms with Gasteiger partial charge in [0.25, 0.3) is 0 Å². The van der Waals surface area contributed by atoms with E-state index < -0.39 is 23.7 Å². The van der Waals surface area contributed by atoms with E-state index in [1.807, 2.05) is 31.2 Å². The molecule has 1 unspecified atom stereocenters. The number of aromatic nitrogens is 2. The standard InChI is InChI=1S/C23H23F3N4O2/c1-14-8-10-17(11-9-14)19(27-16(3)31)13-22(32)28-21-12-15(2)29-30(21)20-7-5-4-6-18(20)23(24,25)26/h4-12,19H,13H2,1-3H3,(H,27,31)(H,28,32). The van der Waals surface area contributed by atoms with Crippen LogP contribution in [0.2, 0.25) is 0 Å². The second kappa shape index (κ2) is 9.25. The Morgan fingerprint density at radius 3 is 2.34 bits per heavy atom. The number of halogens is 3. The van der Waals surface area contributed by atoms with Crippen LogP contribution in [0.25, 0.3) is 5.69 Å². The zero-order valence-corrected chi connectivity index (χ0v) is 17.8. The van der Waals surface area contributed by atoms with Crippen LogP contribution in [-0.2, 0) is 15.8 Å². The van der Waals surface area contributed by atoms with Crippen LogP contribution >= 0.6 is 0 Å². The monoisotopic (exact) mass is 444 g/mol. The summed E-state index contributed by atoms with van der Waals surface area (Å²) in [5, 5.41) is 9.51. The van der Waals surface area contributed by atoms with Crippen molar-refractivity contribution in [2.24, 2.45) is 0 Å². The molecular formula is C23H23F3N4O2. The van der Waals surface area contributed by atoms with E-state index in [1.165, 1.54) is 31.2 Å². The van der Waals surface area contributed by atoms with Crippen LogP contribution in [0.4, 0.5) is 19.0 Å². The molecule has 1 atom stereocenters. The van der Waals surface area contributed by atoms with Gasteiger partial charge in [-0.2, -0.15) is 18.3 Å². The fourth-order valence-corrected chi connectivity index (χ4v) is 3.35. The topological polar surface area (TPSA) is 76.0 Å². The molecule has 3 aromatic rings. The van der Waals surface area contributed by atoms with Crippen LogP contribution < -0.4 is 10.6 Å². The molecule has 32 heavy (non-hydrogen) atoms. The van der Waals surface area contributed by atoms with Gasteiger partial charge in [-0.25, -0.2) is 4.68 Å². The maximum atomic E-state index is 13.5. The van der Waals surface area contributed by atoms with Gasteiger partial charge < -0.3 is 10.6 Å². The molecule has 0 radical (unpaired) electrons. The fraction of sp³-hybridized carbons (Fsp3) is 0.261. The first-order valence-corrected chi connectivity index (χ1v) is 9.91. The summed E-state index contributed by atoms with van der Waals surface area (Å²) in [5.74, 6) is -0.673. The van der Waals surface area contributed by atoms with Gasteiger partial charge >= 0.3 is 6.18 Å². The van der Waals surface area contributed by atoms with Crippen molar-refractivity contribution in [3.8, 4) is 5.69 Å². The molecule has 0 aliphatic heterocycles. The molecule has 0 aliphatic rings. The fourth-order valence-electron chi connectivity index (χ4n) is 3.35. The largest absolute Gasteiger partial charge is 0.418 e. The van der Waals surface area contributed by atoms with Crippen molar-refractivity contribution >= 4 is 17.6 Å². The lowest BCUT2D eigenvalue weighted by atomic mass is 10.0. The second-order valence-corrected chi connectivity index (χ2v) is 7.51. The lowest BCUT2D eigenvalue weighted by molar-refractivity contribution is -0.137. The normalized spacial score (nSPS) is 12.3. The van der Waals surface area contributed by atoms with Crippen molar-refractivity contribution in [3.05, 3.63) is 77.0 Å². The van der Waals surface area contributed by atoms with Gasteiger partial charge in [0.2, 0.25) is 11.8 Å². The predicted molar refractivity (Wildman–Crippen MR) is 114 cm³/mol. The van der Waals surface area contributed by atoms with Crippen molar-refractivity contribution in [3.63, 3.8) is 0 Å². The molecule has 6 nitrogen and oxygen atoms in total. The van der Waals surface area contributed by atoms with Gasteiger partial charge in [0.05, 0.1) is 29.4 Å². The van der Waals surface area contributed by atoms with Crippen LogP contribution in [-0.4, -0.2) is 21.6 Å². The number of amides is 2. The predicted octanol–water partition coefficient (Wildman–Crippen LogP) is 4.71. The molecule has 9 heteroatoms. The molecule has 1 heterocycles. The number of nitrogens with one attached hydrogen (secondary N) is 2. The molecule has 0 bridgehead atoms. The van der Waals surface area contributed by atoms with Gasteiger partial charge in [-0.15, -0.1) is 0 Å². The summed E-state index contributed by atoms with van der Waals surface area (Å²) in [4.78, 5) is 24.4. The molecule has 2 N–H and O–H groups in total. The van der Waals surface area contributed by atoms with Crippen LogP contribution in [0.3, 0.4) is 0 Å². The first-order chi connectivity index (χ1) is 15.0. The lowest BCUT2D eigenvalue weighted by Crippen LogP contribution is -2.30. The van der Waals surface area contributed by atoms with Crippen molar-refractivity contribution in [2.75, 3.05) is 5.32 Å². The van der Waals surface area contributed by atoms with Crippen molar-refractivity contribution in [1.82, 2.24) is 15.1 Å². The SMILES string of the molecule is CC(=O)NC(CC(=O)Nc1cc(C)nn1-c1ccccc1C(F)(F)F)c1ccc(C)cc1. The summed E-state index contributed by atoms with van der Waals surface area (Å²) in [5.41, 5.74) is 1.15. The Labute approximate surface area is 183 Å². The van der Waals surface area contributed by atoms with Crippen molar-refractivity contribution < 1.29 is 22.8 Å². The van der Waals surface area contributed by atoms with Gasteiger partial charge in [-0.05, 0) is 31.5 Å². The molecule has 0 aliphatic carbocycles. The minimum absolute atomic E-state index is 0.103. The van der Waals surface area contributed by atoms with Gasteiger partial charge in [0.1, 0.15) is 5.82 Å². The summed E-state index contributed by atoms with van der Waals surface area (Å²) in [6.45, 7) is 4.90. The maximum Gasteiger partial charge on any atom is 0.418 e.